The van der Waals surface area contributed by atoms with E-state index in [1.165, 1.54) is 11.8 Å². The number of thioether (sulfide) groups is 1. The van der Waals surface area contributed by atoms with Crippen LogP contribution in [0, 0.1) is 13.8 Å². The van der Waals surface area contributed by atoms with Crippen LogP contribution in [0.4, 0.5) is 0 Å². The zero-order valence-corrected chi connectivity index (χ0v) is 15.3. The van der Waals surface area contributed by atoms with E-state index in [1.807, 2.05) is 30.3 Å². The lowest BCUT2D eigenvalue weighted by Crippen LogP contribution is -2.02. The summed E-state index contributed by atoms with van der Waals surface area (Å²) in [5, 5.41) is 8.70. The van der Waals surface area contributed by atoms with Crippen molar-refractivity contribution in [1.82, 2.24) is 10.2 Å². The molecule has 0 saturated carbocycles. The highest BCUT2D eigenvalue weighted by Gasteiger charge is 2.10. The van der Waals surface area contributed by atoms with Gasteiger partial charge < -0.3 is 13.9 Å². The Morgan fingerprint density at radius 3 is 2.40 bits per heavy atom. The average molecular weight is 356 g/mol. The molecule has 130 valence electrons. The van der Waals surface area contributed by atoms with E-state index in [0.29, 0.717) is 17.7 Å². The van der Waals surface area contributed by atoms with Gasteiger partial charge in [-0.05, 0) is 49.2 Å². The van der Waals surface area contributed by atoms with Crippen LogP contribution in [0.5, 0.6) is 11.5 Å². The molecule has 3 aromatic rings. The highest BCUT2D eigenvalue weighted by atomic mass is 32.2. The Bertz CT molecular complexity index is 811. The van der Waals surface area contributed by atoms with E-state index >= 15 is 0 Å². The summed E-state index contributed by atoms with van der Waals surface area (Å²) in [6.45, 7) is 4.68. The number of hydrogen-bond donors (Lipinski definition) is 0. The summed E-state index contributed by atoms with van der Waals surface area (Å²) in [6.07, 6.45) is 0. The molecular weight excluding hydrogens is 336 g/mol. The van der Waals surface area contributed by atoms with Gasteiger partial charge in [0.2, 0.25) is 5.89 Å². The predicted octanol–water partition coefficient (Wildman–Crippen LogP) is 4.53. The number of aryl methyl sites for hydroxylation is 2. The molecule has 0 unspecified atom stereocenters. The molecule has 0 N–H and O–H groups in total. The Labute approximate surface area is 151 Å². The van der Waals surface area contributed by atoms with E-state index in [9.17, 15) is 0 Å². The molecule has 0 saturated heterocycles. The monoisotopic (exact) mass is 356 g/mol. The van der Waals surface area contributed by atoms with Gasteiger partial charge in [-0.25, -0.2) is 0 Å². The molecule has 0 amide bonds. The van der Waals surface area contributed by atoms with Gasteiger partial charge in [-0.15, -0.1) is 10.2 Å². The van der Waals surface area contributed by atoms with Crippen molar-refractivity contribution < 1.29 is 13.9 Å². The lowest BCUT2D eigenvalue weighted by molar-refractivity contribution is 0.338. The number of hydrogen-bond acceptors (Lipinski definition) is 6. The molecule has 6 heteroatoms. The molecular formula is C19H20N2O3S. The van der Waals surface area contributed by atoms with Crippen molar-refractivity contribution in [3.8, 4) is 23.0 Å². The standard InChI is InChI=1S/C19H20N2O3S/c1-13-5-4-6-14(2)17(13)23-11-12-25-19-21-20-18(24-19)15-7-9-16(22-3)10-8-15/h4-10H,11-12H2,1-3H3. The van der Waals surface area contributed by atoms with Gasteiger partial charge in [0.1, 0.15) is 11.5 Å². The first-order valence-electron chi connectivity index (χ1n) is 7.97. The number of methoxy groups -OCH3 is 1. The van der Waals surface area contributed by atoms with E-state index in [-0.39, 0.29) is 0 Å². The van der Waals surface area contributed by atoms with E-state index in [4.69, 9.17) is 13.9 Å². The molecule has 1 heterocycles. The SMILES string of the molecule is COc1ccc(-c2nnc(SCCOc3c(C)cccc3C)o2)cc1. The van der Waals surface area contributed by atoms with Crippen LogP contribution in [-0.4, -0.2) is 29.7 Å². The Hall–Kier alpha value is -2.47. The normalized spacial score (nSPS) is 10.7. The smallest absolute Gasteiger partial charge is 0.276 e. The number of para-hydroxylation sites is 1. The second kappa shape index (κ2) is 8.07. The van der Waals surface area contributed by atoms with E-state index in [0.717, 1.165) is 33.9 Å². The van der Waals surface area contributed by atoms with Crippen LogP contribution in [-0.2, 0) is 0 Å². The molecule has 0 atom stereocenters. The third kappa shape index (κ3) is 4.33. The maximum absolute atomic E-state index is 5.88. The molecule has 2 aromatic carbocycles. The molecule has 0 aliphatic carbocycles. The molecule has 0 bridgehead atoms. The first-order chi connectivity index (χ1) is 12.2. The van der Waals surface area contributed by atoms with Gasteiger partial charge in [0.25, 0.3) is 5.22 Å². The van der Waals surface area contributed by atoms with Crippen LogP contribution in [0.1, 0.15) is 11.1 Å². The highest BCUT2D eigenvalue weighted by Crippen LogP contribution is 2.26. The summed E-state index contributed by atoms with van der Waals surface area (Å²) >= 11 is 1.48. The largest absolute Gasteiger partial charge is 0.497 e. The van der Waals surface area contributed by atoms with E-state index < -0.39 is 0 Å². The first-order valence-corrected chi connectivity index (χ1v) is 8.95. The molecule has 1 aromatic heterocycles. The Kier molecular flexibility index (Phi) is 5.60. The zero-order valence-electron chi connectivity index (χ0n) is 14.5. The van der Waals surface area contributed by atoms with Gasteiger partial charge in [0.15, 0.2) is 0 Å². The van der Waals surface area contributed by atoms with Crippen molar-refractivity contribution in [3.05, 3.63) is 53.6 Å². The molecule has 0 radical (unpaired) electrons. The molecule has 3 rings (SSSR count). The molecule has 5 nitrogen and oxygen atoms in total. The zero-order chi connectivity index (χ0) is 17.6. The van der Waals surface area contributed by atoms with Crippen LogP contribution < -0.4 is 9.47 Å². The fraction of sp³-hybridized carbons (Fsp3) is 0.263. The highest BCUT2D eigenvalue weighted by molar-refractivity contribution is 7.99. The third-order valence-electron chi connectivity index (χ3n) is 3.71. The van der Waals surface area contributed by atoms with Crippen molar-refractivity contribution >= 4 is 11.8 Å². The second-order valence-corrected chi connectivity index (χ2v) is 6.57. The summed E-state index contributed by atoms with van der Waals surface area (Å²) in [5.74, 6) is 2.98. The average Bonchev–Trinajstić information content (AvgIpc) is 3.10. The van der Waals surface area contributed by atoms with Crippen LogP contribution >= 0.6 is 11.8 Å². The summed E-state index contributed by atoms with van der Waals surface area (Å²) < 4.78 is 16.7. The number of rotatable bonds is 7. The van der Waals surface area contributed by atoms with Crippen LogP contribution in [0.15, 0.2) is 52.1 Å². The second-order valence-electron chi connectivity index (χ2n) is 5.52. The Morgan fingerprint density at radius 2 is 1.72 bits per heavy atom. The van der Waals surface area contributed by atoms with Gasteiger partial charge in [0.05, 0.1) is 13.7 Å². The van der Waals surface area contributed by atoms with E-state index in [1.54, 1.807) is 7.11 Å². The maximum atomic E-state index is 5.88. The van der Waals surface area contributed by atoms with Crippen LogP contribution in [0.3, 0.4) is 0 Å². The number of aromatic nitrogens is 2. The van der Waals surface area contributed by atoms with Gasteiger partial charge in [-0.2, -0.15) is 0 Å². The minimum absolute atomic E-state index is 0.501. The number of nitrogens with zero attached hydrogens (tertiary/aromatic N) is 2. The fourth-order valence-corrected chi connectivity index (χ4v) is 3.00. The Morgan fingerprint density at radius 1 is 1.00 bits per heavy atom. The molecule has 25 heavy (non-hydrogen) atoms. The summed E-state index contributed by atoms with van der Waals surface area (Å²) in [7, 11) is 1.64. The van der Waals surface area contributed by atoms with Gasteiger partial charge in [-0.1, -0.05) is 30.0 Å². The molecule has 0 spiro atoms. The minimum atomic E-state index is 0.501. The lowest BCUT2D eigenvalue weighted by atomic mass is 10.1. The van der Waals surface area contributed by atoms with Crippen molar-refractivity contribution in [1.29, 1.82) is 0 Å². The summed E-state index contributed by atoms with van der Waals surface area (Å²) in [4.78, 5) is 0. The maximum Gasteiger partial charge on any atom is 0.276 e. The van der Waals surface area contributed by atoms with Gasteiger partial charge in [0, 0.05) is 11.3 Å². The number of benzene rings is 2. The third-order valence-corrected chi connectivity index (χ3v) is 4.49. The molecule has 0 aliphatic heterocycles. The van der Waals surface area contributed by atoms with Crippen LogP contribution in [0.25, 0.3) is 11.5 Å². The van der Waals surface area contributed by atoms with E-state index in [2.05, 4.69) is 36.2 Å². The predicted molar refractivity (Wildman–Crippen MR) is 98.4 cm³/mol. The molecule has 0 fully saturated rings. The van der Waals surface area contributed by atoms with Crippen molar-refractivity contribution in [3.63, 3.8) is 0 Å². The summed E-state index contributed by atoms with van der Waals surface area (Å²) in [6, 6.07) is 13.7. The van der Waals surface area contributed by atoms with Gasteiger partial charge >= 0.3 is 0 Å². The topological polar surface area (TPSA) is 57.4 Å². The van der Waals surface area contributed by atoms with Crippen molar-refractivity contribution in [2.75, 3.05) is 19.5 Å². The summed E-state index contributed by atoms with van der Waals surface area (Å²) in [5.41, 5.74) is 3.15. The number of ether oxygens (including phenoxy) is 2. The lowest BCUT2D eigenvalue weighted by Gasteiger charge is -2.10. The quantitative estimate of drug-likeness (QED) is 0.458. The first kappa shape index (κ1) is 17.4. The minimum Gasteiger partial charge on any atom is -0.497 e. The van der Waals surface area contributed by atoms with Crippen LogP contribution in [0.2, 0.25) is 0 Å². The van der Waals surface area contributed by atoms with Crippen molar-refractivity contribution in [2.45, 2.75) is 19.1 Å². The van der Waals surface area contributed by atoms with Gasteiger partial charge in [-0.3, -0.25) is 0 Å². The Balaban J connectivity index is 1.53. The van der Waals surface area contributed by atoms with Crippen molar-refractivity contribution in [2.24, 2.45) is 0 Å². The molecule has 0 aliphatic rings. The fourth-order valence-electron chi connectivity index (χ4n) is 2.42.